The normalized spacial score (nSPS) is 10.8. The maximum Gasteiger partial charge on any atom is 0.336 e. The first kappa shape index (κ1) is 11.5. The number of fused-ring (bicyclic) bond motifs is 1. The largest absolute Gasteiger partial charge is 0.479 e. The Morgan fingerprint density at radius 1 is 1.21 bits per heavy atom. The summed E-state index contributed by atoms with van der Waals surface area (Å²) in [5.74, 6) is 0.835. The number of hydrogen-bond acceptors (Lipinski definition) is 5. The molecule has 2 heterocycles. The first-order valence-electron chi connectivity index (χ1n) is 5.73. The van der Waals surface area contributed by atoms with Gasteiger partial charge in [-0.3, -0.25) is 0 Å². The highest BCUT2D eigenvalue weighted by Gasteiger charge is 2.13. The fourth-order valence-electron chi connectivity index (χ4n) is 1.96. The number of benzene rings is 1. The molecule has 0 fully saturated rings. The molecule has 0 N–H and O–H groups in total. The van der Waals surface area contributed by atoms with Crippen molar-refractivity contribution in [1.29, 1.82) is 0 Å². The molecular weight excluding hydrogens is 246 g/mol. The molecule has 0 saturated heterocycles. The molecule has 0 unspecified atom stereocenters. The second-order valence-electron chi connectivity index (χ2n) is 4.21. The maximum absolute atomic E-state index is 11.6. The summed E-state index contributed by atoms with van der Waals surface area (Å²) in [7, 11) is 1.50. The van der Waals surface area contributed by atoms with Crippen LogP contribution in [0.15, 0.2) is 44.1 Å². The Morgan fingerprint density at radius 2 is 2.05 bits per heavy atom. The van der Waals surface area contributed by atoms with Crippen LogP contribution in [0.5, 0.6) is 5.88 Å². The third-order valence-corrected chi connectivity index (χ3v) is 2.86. The second kappa shape index (κ2) is 4.28. The number of aromatic nitrogens is 1. The fourth-order valence-corrected chi connectivity index (χ4v) is 1.96. The predicted molar refractivity (Wildman–Crippen MR) is 69.3 cm³/mol. The summed E-state index contributed by atoms with van der Waals surface area (Å²) in [6, 6.07) is 8.66. The molecule has 0 aliphatic rings. The third kappa shape index (κ3) is 1.99. The van der Waals surface area contributed by atoms with E-state index in [9.17, 15) is 4.79 Å². The summed E-state index contributed by atoms with van der Waals surface area (Å²) < 4.78 is 15.3. The van der Waals surface area contributed by atoms with Crippen LogP contribution in [0.3, 0.4) is 0 Å². The van der Waals surface area contributed by atoms with Crippen LogP contribution in [0.4, 0.5) is 0 Å². The first-order chi connectivity index (χ1) is 9.17. The quantitative estimate of drug-likeness (QED) is 0.660. The SMILES string of the molecule is COc1cc(-c2cc(=O)oc3cc(C)ccc23)on1. The molecule has 96 valence electrons. The van der Waals surface area contributed by atoms with Crippen molar-refractivity contribution < 1.29 is 13.7 Å². The van der Waals surface area contributed by atoms with Gasteiger partial charge in [-0.25, -0.2) is 4.79 Å². The van der Waals surface area contributed by atoms with Crippen LogP contribution in [0, 0.1) is 6.92 Å². The molecule has 19 heavy (non-hydrogen) atoms. The topological polar surface area (TPSA) is 65.5 Å². The monoisotopic (exact) mass is 257 g/mol. The van der Waals surface area contributed by atoms with Crippen molar-refractivity contribution in [3.63, 3.8) is 0 Å². The predicted octanol–water partition coefficient (Wildman–Crippen LogP) is 2.77. The summed E-state index contributed by atoms with van der Waals surface area (Å²) in [6.07, 6.45) is 0. The van der Waals surface area contributed by atoms with Crippen molar-refractivity contribution in [2.75, 3.05) is 7.11 Å². The number of nitrogens with zero attached hydrogens (tertiary/aromatic N) is 1. The highest BCUT2D eigenvalue weighted by molar-refractivity contribution is 5.92. The zero-order valence-electron chi connectivity index (χ0n) is 10.5. The standard InChI is InChI=1S/C14H11NO4/c1-8-3-4-9-10(6-14(16)18-11(9)5-8)12-7-13(17-2)15-19-12/h3-7H,1-2H3. The molecule has 3 aromatic rings. The molecule has 0 spiro atoms. The molecule has 2 aromatic heterocycles. The van der Waals surface area contributed by atoms with Crippen LogP contribution in [0.2, 0.25) is 0 Å². The molecular formula is C14H11NO4. The van der Waals surface area contributed by atoms with Gasteiger partial charge in [0.1, 0.15) is 5.58 Å². The Labute approximate surface area is 108 Å². The number of rotatable bonds is 2. The van der Waals surface area contributed by atoms with E-state index in [1.54, 1.807) is 6.07 Å². The van der Waals surface area contributed by atoms with Crippen molar-refractivity contribution in [1.82, 2.24) is 5.16 Å². The van der Waals surface area contributed by atoms with Crippen molar-refractivity contribution in [2.24, 2.45) is 0 Å². The number of methoxy groups -OCH3 is 1. The number of aryl methyl sites for hydroxylation is 1. The Balaban J connectivity index is 2.30. The van der Waals surface area contributed by atoms with Gasteiger partial charge in [-0.05, 0) is 23.7 Å². The van der Waals surface area contributed by atoms with Crippen LogP contribution < -0.4 is 10.4 Å². The van der Waals surface area contributed by atoms with E-state index in [1.165, 1.54) is 13.2 Å². The Hall–Kier alpha value is -2.56. The van der Waals surface area contributed by atoms with E-state index in [0.29, 0.717) is 22.8 Å². The molecule has 1 aromatic carbocycles. The van der Waals surface area contributed by atoms with Crippen molar-refractivity contribution in [3.8, 4) is 17.2 Å². The van der Waals surface area contributed by atoms with Gasteiger partial charge in [0.05, 0.1) is 7.11 Å². The Morgan fingerprint density at radius 3 is 2.79 bits per heavy atom. The minimum absolute atomic E-state index is 0.364. The van der Waals surface area contributed by atoms with Crippen molar-refractivity contribution in [3.05, 3.63) is 46.3 Å². The van der Waals surface area contributed by atoms with Gasteiger partial charge >= 0.3 is 5.63 Å². The van der Waals surface area contributed by atoms with Crippen molar-refractivity contribution >= 4 is 11.0 Å². The molecule has 3 rings (SSSR count). The average Bonchev–Trinajstić information content (AvgIpc) is 2.85. The fraction of sp³-hybridized carbons (Fsp3) is 0.143. The molecule has 5 nitrogen and oxygen atoms in total. The Kier molecular flexibility index (Phi) is 2.59. The van der Waals surface area contributed by atoms with Crippen LogP contribution in [0.25, 0.3) is 22.3 Å². The molecule has 0 amide bonds. The van der Waals surface area contributed by atoms with E-state index in [1.807, 2.05) is 25.1 Å². The van der Waals surface area contributed by atoms with Crippen LogP contribution in [0.1, 0.15) is 5.56 Å². The van der Waals surface area contributed by atoms with Gasteiger partial charge in [-0.2, -0.15) is 0 Å². The molecule has 0 atom stereocenters. The zero-order chi connectivity index (χ0) is 13.4. The zero-order valence-corrected chi connectivity index (χ0v) is 10.5. The summed E-state index contributed by atoms with van der Waals surface area (Å²) in [4.78, 5) is 11.6. The lowest BCUT2D eigenvalue weighted by Gasteiger charge is -2.02. The van der Waals surface area contributed by atoms with E-state index >= 15 is 0 Å². The highest BCUT2D eigenvalue weighted by Crippen LogP contribution is 2.29. The number of hydrogen-bond donors (Lipinski definition) is 0. The first-order valence-corrected chi connectivity index (χ1v) is 5.73. The minimum Gasteiger partial charge on any atom is -0.479 e. The van der Waals surface area contributed by atoms with E-state index in [2.05, 4.69) is 5.16 Å². The second-order valence-corrected chi connectivity index (χ2v) is 4.21. The number of ether oxygens (including phenoxy) is 1. The molecule has 5 heteroatoms. The molecule has 0 aliphatic carbocycles. The summed E-state index contributed by atoms with van der Waals surface area (Å²) in [5.41, 5.74) is 1.76. The van der Waals surface area contributed by atoms with E-state index < -0.39 is 5.63 Å². The smallest absolute Gasteiger partial charge is 0.336 e. The minimum atomic E-state index is -0.427. The molecule has 0 aliphatic heterocycles. The summed E-state index contributed by atoms with van der Waals surface area (Å²) in [5, 5.41) is 4.53. The molecule has 0 radical (unpaired) electrons. The van der Waals surface area contributed by atoms with E-state index in [4.69, 9.17) is 13.7 Å². The van der Waals surface area contributed by atoms with Crippen LogP contribution in [-0.2, 0) is 0 Å². The van der Waals surface area contributed by atoms with Gasteiger partial charge in [-0.15, -0.1) is 0 Å². The lowest BCUT2D eigenvalue weighted by Crippen LogP contribution is -1.97. The highest BCUT2D eigenvalue weighted by atomic mass is 16.5. The van der Waals surface area contributed by atoms with Crippen molar-refractivity contribution in [2.45, 2.75) is 6.92 Å². The summed E-state index contributed by atoms with van der Waals surface area (Å²) in [6.45, 7) is 1.93. The molecule has 0 bridgehead atoms. The van der Waals surface area contributed by atoms with Gasteiger partial charge < -0.3 is 13.7 Å². The van der Waals surface area contributed by atoms with Crippen LogP contribution >= 0.6 is 0 Å². The third-order valence-electron chi connectivity index (χ3n) is 2.86. The van der Waals surface area contributed by atoms with Gasteiger partial charge in [0.2, 0.25) is 0 Å². The lowest BCUT2D eigenvalue weighted by molar-refractivity contribution is 0.343. The van der Waals surface area contributed by atoms with Gasteiger partial charge in [0, 0.05) is 23.1 Å². The summed E-state index contributed by atoms with van der Waals surface area (Å²) >= 11 is 0. The Bertz CT molecular complexity index is 801. The van der Waals surface area contributed by atoms with Gasteiger partial charge in [-0.1, -0.05) is 12.1 Å². The van der Waals surface area contributed by atoms with Gasteiger partial charge in [0.15, 0.2) is 5.76 Å². The average molecular weight is 257 g/mol. The maximum atomic E-state index is 11.6. The van der Waals surface area contributed by atoms with Crippen LogP contribution in [-0.4, -0.2) is 12.3 Å². The van der Waals surface area contributed by atoms with E-state index in [-0.39, 0.29) is 0 Å². The lowest BCUT2D eigenvalue weighted by atomic mass is 10.1. The van der Waals surface area contributed by atoms with Gasteiger partial charge in [0.25, 0.3) is 5.88 Å². The molecule has 0 saturated carbocycles. The van der Waals surface area contributed by atoms with E-state index in [0.717, 1.165) is 10.9 Å².